The Balaban J connectivity index is 1.64. The first-order chi connectivity index (χ1) is 17.1. The van der Waals surface area contributed by atoms with Crippen molar-refractivity contribution < 1.29 is 22.7 Å². The van der Waals surface area contributed by atoms with Gasteiger partial charge in [0.15, 0.2) is 5.03 Å². The van der Waals surface area contributed by atoms with Crippen LogP contribution in [0.25, 0.3) is 0 Å². The van der Waals surface area contributed by atoms with Crippen molar-refractivity contribution in [3.63, 3.8) is 0 Å². The van der Waals surface area contributed by atoms with E-state index in [1.807, 2.05) is 0 Å². The molecule has 1 fully saturated rings. The Morgan fingerprint density at radius 2 is 1.94 bits per heavy atom. The summed E-state index contributed by atoms with van der Waals surface area (Å²) in [5, 5.41) is -0.0982. The van der Waals surface area contributed by atoms with Crippen molar-refractivity contribution in [3.8, 4) is 5.75 Å². The lowest BCUT2D eigenvalue weighted by Gasteiger charge is -2.36. The van der Waals surface area contributed by atoms with E-state index in [1.54, 1.807) is 42.8 Å². The number of fused-ring (bicyclic) bond motifs is 1. The lowest BCUT2D eigenvalue weighted by molar-refractivity contribution is 0.00994. The average molecular weight is 520 g/mol. The van der Waals surface area contributed by atoms with E-state index in [1.165, 1.54) is 31.4 Å². The second-order valence-electron chi connectivity index (χ2n) is 10.2. The topological polar surface area (TPSA) is 106 Å². The standard InChI is InChI=1S/C25H37N5O5S/c1-17-11-30(12-19-6-7-19)18(2)15-35-22-9-8-20(27-36(32,33)24-14-28(3)16-26-24)10-21(22)25(31)29(4)13-23(17)34-5/h8-10,14,16-19,23,27H,6-7,11-13,15H2,1-5H3/t17-,18+,23-/m1/s1. The molecule has 11 heteroatoms. The van der Waals surface area contributed by atoms with Crippen molar-refractivity contribution in [2.75, 3.05) is 45.1 Å². The summed E-state index contributed by atoms with van der Waals surface area (Å²) in [4.78, 5) is 21.5. The summed E-state index contributed by atoms with van der Waals surface area (Å²) in [7, 11) is 1.20. The van der Waals surface area contributed by atoms with Crippen molar-refractivity contribution in [1.29, 1.82) is 0 Å². The van der Waals surface area contributed by atoms with Gasteiger partial charge in [0.25, 0.3) is 15.9 Å². The number of ether oxygens (including phenoxy) is 2. The highest BCUT2D eigenvalue weighted by Crippen LogP contribution is 2.32. The number of carbonyl (C=O) groups excluding carboxylic acids is 1. The molecule has 1 aliphatic carbocycles. The normalized spacial score (nSPS) is 24.4. The van der Waals surface area contributed by atoms with E-state index in [-0.39, 0.29) is 34.7 Å². The summed E-state index contributed by atoms with van der Waals surface area (Å²) in [5.74, 6) is 1.11. The molecule has 36 heavy (non-hydrogen) atoms. The monoisotopic (exact) mass is 519 g/mol. The third kappa shape index (κ3) is 6.19. The van der Waals surface area contributed by atoms with E-state index < -0.39 is 10.0 Å². The van der Waals surface area contributed by atoms with Gasteiger partial charge in [-0.25, -0.2) is 4.98 Å². The van der Waals surface area contributed by atoms with Crippen molar-refractivity contribution >= 4 is 21.6 Å². The van der Waals surface area contributed by atoms with Crippen LogP contribution in [0.2, 0.25) is 0 Å². The molecule has 3 atom stereocenters. The fraction of sp³-hybridized carbons (Fsp3) is 0.600. The number of imidazole rings is 1. The van der Waals surface area contributed by atoms with Gasteiger partial charge < -0.3 is 18.9 Å². The maximum absolute atomic E-state index is 13.5. The average Bonchev–Trinajstić information content (AvgIpc) is 3.55. The van der Waals surface area contributed by atoms with Gasteiger partial charge in [0.2, 0.25) is 0 Å². The highest BCUT2D eigenvalue weighted by molar-refractivity contribution is 7.92. The Hall–Kier alpha value is -2.63. The van der Waals surface area contributed by atoms with Crippen LogP contribution in [0.4, 0.5) is 5.69 Å². The molecule has 10 nitrogen and oxygen atoms in total. The Labute approximate surface area is 213 Å². The lowest BCUT2D eigenvalue weighted by atomic mass is 10.0. The molecule has 0 radical (unpaired) electrons. The Morgan fingerprint density at radius 1 is 1.19 bits per heavy atom. The van der Waals surface area contributed by atoms with Gasteiger partial charge in [-0.05, 0) is 49.8 Å². The van der Waals surface area contributed by atoms with Crippen LogP contribution in [0.15, 0.2) is 35.7 Å². The van der Waals surface area contributed by atoms with Crippen molar-refractivity contribution in [2.45, 2.75) is 43.9 Å². The van der Waals surface area contributed by atoms with Gasteiger partial charge in [0.05, 0.1) is 18.0 Å². The predicted octanol–water partition coefficient (Wildman–Crippen LogP) is 2.44. The van der Waals surface area contributed by atoms with Crippen molar-refractivity contribution in [2.24, 2.45) is 18.9 Å². The minimum absolute atomic E-state index is 0.0982. The maximum Gasteiger partial charge on any atom is 0.280 e. The Bertz CT molecular complexity index is 1180. The second kappa shape index (κ2) is 10.8. The summed E-state index contributed by atoms with van der Waals surface area (Å²) in [6, 6.07) is 4.92. The van der Waals surface area contributed by atoms with Gasteiger partial charge in [-0.15, -0.1) is 0 Å². The molecule has 1 aromatic carbocycles. The molecule has 1 aliphatic heterocycles. The van der Waals surface area contributed by atoms with Crippen LogP contribution >= 0.6 is 0 Å². The van der Waals surface area contributed by atoms with Gasteiger partial charge in [-0.2, -0.15) is 8.42 Å². The van der Waals surface area contributed by atoms with E-state index >= 15 is 0 Å². The third-order valence-electron chi connectivity index (χ3n) is 6.97. The van der Waals surface area contributed by atoms with Gasteiger partial charge >= 0.3 is 0 Å². The molecule has 0 unspecified atom stereocenters. The zero-order valence-corrected chi connectivity index (χ0v) is 22.5. The minimum Gasteiger partial charge on any atom is -0.491 e. The number of amides is 1. The molecule has 2 aliphatic rings. The van der Waals surface area contributed by atoms with Crippen molar-refractivity contribution in [3.05, 3.63) is 36.3 Å². The minimum atomic E-state index is -3.91. The first-order valence-electron chi connectivity index (χ1n) is 12.4. The highest BCUT2D eigenvalue weighted by Gasteiger charge is 2.32. The molecular weight excluding hydrogens is 482 g/mol. The molecule has 1 N–H and O–H groups in total. The Morgan fingerprint density at radius 3 is 2.58 bits per heavy atom. The molecule has 0 spiro atoms. The smallest absolute Gasteiger partial charge is 0.280 e. The number of likely N-dealkylation sites (N-methyl/N-ethyl adjacent to an activating group) is 1. The second-order valence-corrected chi connectivity index (χ2v) is 11.8. The molecule has 1 saturated carbocycles. The van der Waals surface area contributed by atoms with E-state index in [9.17, 15) is 13.2 Å². The number of nitrogens with one attached hydrogen (secondary N) is 1. The third-order valence-corrected chi connectivity index (χ3v) is 8.24. The number of benzene rings is 1. The summed E-state index contributed by atoms with van der Waals surface area (Å²) in [6.45, 7) is 7.02. The molecular formula is C25H37N5O5S. The van der Waals surface area contributed by atoms with Crippen LogP contribution in [0.1, 0.15) is 37.0 Å². The summed E-state index contributed by atoms with van der Waals surface area (Å²) in [6.07, 6.45) is 5.23. The fourth-order valence-electron chi connectivity index (χ4n) is 4.54. The van der Waals surface area contributed by atoms with E-state index in [4.69, 9.17) is 9.47 Å². The van der Waals surface area contributed by atoms with Crippen LogP contribution in [0, 0.1) is 11.8 Å². The number of rotatable bonds is 6. The Kier molecular flexibility index (Phi) is 7.91. The largest absolute Gasteiger partial charge is 0.491 e. The number of methoxy groups -OCH3 is 1. The molecule has 1 amide bonds. The van der Waals surface area contributed by atoms with Gasteiger partial charge in [-0.1, -0.05) is 6.92 Å². The number of hydrogen-bond donors (Lipinski definition) is 1. The SMILES string of the molecule is CO[C@@H]1CN(C)C(=O)c2cc(NS(=O)(=O)c3cn(C)cn3)ccc2OC[C@H](C)N(CC2CC2)C[C@H]1C. The predicted molar refractivity (Wildman–Crippen MR) is 137 cm³/mol. The zero-order chi connectivity index (χ0) is 26.0. The van der Waals surface area contributed by atoms with E-state index in [0.29, 0.717) is 24.5 Å². The number of aryl methyl sites for hydroxylation is 1. The van der Waals surface area contributed by atoms with Crippen LogP contribution < -0.4 is 9.46 Å². The van der Waals surface area contributed by atoms with E-state index in [0.717, 1.165) is 19.0 Å². The molecule has 2 heterocycles. The zero-order valence-electron chi connectivity index (χ0n) is 21.7. The molecule has 0 bridgehead atoms. The van der Waals surface area contributed by atoms with Crippen LogP contribution in [-0.4, -0.2) is 86.2 Å². The molecule has 0 saturated heterocycles. The number of hydrogen-bond acceptors (Lipinski definition) is 7. The fourth-order valence-corrected chi connectivity index (χ4v) is 5.57. The number of nitrogens with zero attached hydrogens (tertiary/aromatic N) is 4. The quantitative estimate of drug-likeness (QED) is 0.625. The van der Waals surface area contributed by atoms with Crippen LogP contribution in [-0.2, 0) is 21.8 Å². The molecule has 198 valence electrons. The lowest BCUT2D eigenvalue weighted by Crippen LogP contribution is -2.47. The van der Waals surface area contributed by atoms with Gasteiger partial charge in [0, 0.05) is 58.8 Å². The summed E-state index contributed by atoms with van der Waals surface area (Å²) in [5.41, 5.74) is 0.555. The first-order valence-corrected chi connectivity index (χ1v) is 13.9. The van der Waals surface area contributed by atoms with E-state index in [2.05, 4.69) is 28.5 Å². The van der Waals surface area contributed by atoms with Gasteiger partial charge in [-0.3, -0.25) is 14.4 Å². The number of sulfonamides is 1. The van der Waals surface area contributed by atoms with Crippen molar-refractivity contribution in [1.82, 2.24) is 19.4 Å². The molecule has 2 aromatic rings. The summed E-state index contributed by atoms with van der Waals surface area (Å²) >= 11 is 0. The first kappa shape index (κ1) is 26.4. The summed E-state index contributed by atoms with van der Waals surface area (Å²) < 4.78 is 41.6. The number of aromatic nitrogens is 2. The van der Waals surface area contributed by atoms with Crippen LogP contribution in [0.5, 0.6) is 5.75 Å². The maximum atomic E-state index is 13.5. The highest BCUT2D eigenvalue weighted by atomic mass is 32.2. The molecule has 4 rings (SSSR count). The van der Waals surface area contributed by atoms with Crippen LogP contribution in [0.3, 0.4) is 0 Å². The number of carbonyl (C=O) groups is 1. The van der Waals surface area contributed by atoms with Gasteiger partial charge in [0.1, 0.15) is 12.4 Å². The molecule has 1 aromatic heterocycles. The number of anilines is 1.